The molecule has 0 amide bonds. The summed E-state index contributed by atoms with van der Waals surface area (Å²) in [5.74, 6) is 0.280. The minimum Gasteiger partial charge on any atom is -0.508 e. The van der Waals surface area contributed by atoms with Gasteiger partial charge in [-0.25, -0.2) is 0 Å². The number of rotatable bonds is 5. The molecule has 2 aromatic rings. The first kappa shape index (κ1) is 14.1. The van der Waals surface area contributed by atoms with Gasteiger partial charge in [0, 0.05) is 31.8 Å². The van der Waals surface area contributed by atoms with Crippen LogP contribution in [0.5, 0.6) is 5.75 Å². The van der Waals surface area contributed by atoms with E-state index < -0.39 is 0 Å². The minimum absolute atomic E-state index is 0.0988. The van der Waals surface area contributed by atoms with Crippen LogP contribution in [0.1, 0.15) is 22.3 Å². The summed E-state index contributed by atoms with van der Waals surface area (Å²) < 4.78 is 0. The van der Waals surface area contributed by atoms with Gasteiger partial charge in [0.2, 0.25) is 0 Å². The summed E-state index contributed by atoms with van der Waals surface area (Å²) in [7, 11) is 4.01. The first-order valence-electron chi connectivity index (χ1n) is 6.65. The van der Waals surface area contributed by atoms with E-state index in [1.807, 2.05) is 19.0 Å². The fourth-order valence-corrected chi connectivity index (χ4v) is 2.01. The number of aromatic hydroxyl groups is 1. The second kappa shape index (κ2) is 6.24. The highest BCUT2D eigenvalue weighted by molar-refractivity contribution is 5.96. The number of carbonyl (C=O) groups excluding carboxylic acids is 1. The lowest BCUT2D eigenvalue weighted by Gasteiger charge is -2.12. The van der Waals surface area contributed by atoms with Crippen LogP contribution in [-0.4, -0.2) is 25.0 Å². The Labute approximate surface area is 119 Å². The molecule has 0 heterocycles. The SMILES string of the molecule is CN(C)c1ccc(CCC(=O)c2ccc(O)cc2)cc1. The number of aryl methyl sites for hydroxylation is 1. The summed E-state index contributed by atoms with van der Waals surface area (Å²) in [4.78, 5) is 14.1. The van der Waals surface area contributed by atoms with Crippen LogP contribution < -0.4 is 4.90 Å². The standard InChI is InChI=1S/C17H19NO2/c1-18(2)15-8-3-13(4-9-15)5-12-17(20)14-6-10-16(19)11-7-14/h3-4,6-11,19H,5,12H2,1-2H3. The van der Waals surface area contributed by atoms with Crippen molar-refractivity contribution in [1.29, 1.82) is 0 Å². The Morgan fingerprint density at radius 3 is 2.15 bits per heavy atom. The topological polar surface area (TPSA) is 40.5 Å². The number of nitrogens with zero attached hydrogens (tertiary/aromatic N) is 1. The van der Waals surface area contributed by atoms with Crippen molar-refractivity contribution < 1.29 is 9.90 Å². The van der Waals surface area contributed by atoms with Crippen molar-refractivity contribution in [2.75, 3.05) is 19.0 Å². The average Bonchev–Trinajstić information content (AvgIpc) is 2.46. The zero-order valence-corrected chi connectivity index (χ0v) is 11.8. The first-order chi connectivity index (χ1) is 9.56. The van der Waals surface area contributed by atoms with Crippen LogP contribution in [-0.2, 0) is 6.42 Å². The number of benzene rings is 2. The lowest BCUT2D eigenvalue weighted by molar-refractivity contribution is 0.0983. The Kier molecular flexibility index (Phi) is 4.41. The van der Waals surface area contributed by atoms with Crippen molar-refractivity contribution in [3.8, 4) is 5.75 Å². The molecular formula is C17H19NO2. The van der Waals surface area contributed by atoms with Crippen molar-refractivity contribution in [3.05, 3.63) is 59.7 Å². The van der Waals surface area contributed by atoms with Gasteiger partial charge in [0.05, 0.1) is 0 Å². The molecule has 0 unspecified atom stereocenters. The Morgan fingerprint density at radius 1 is 1.00 bits per heavy atom. The van der Waals surface area contributed by atoms with Crippen molar-refractivity contribution in [2.24, 2.45) is 0 Å². The van der Waals surface area contributed by atoms with Gasteiger partial charge in [-0.2, -0.15) is 0 Å². The highest BCUT2D eigenvalue weighted by atomic mass is 16.3. The van der Waals surface area contributed by atoms with Crippen LogP contribution >= 0.6 is 0 Å². The van der Waals surface area contributed by atoms with Gasteiger partial charge in [-0.1, -0.05) is 12.1 Å². The summed E-state index contributed by atoms with van der Waals surface area (Å²) in [5, 5.41) is 9.20. The van der Waals surface area contributed by atoms with E-state index in [-0.39, 0.29) is 11.5 Å². The number of carbonyl (C=O) groups is 1. The lowest BCUT2D eigenvalue weighted by Crippen LogP contribution is -2.08. The Morgan fingerprint density at radius 2 is 1.60 bits per heavy atom. The highest BCUT2D eigenvalue weighted by Gasteiger charge is 2.06. The van der Waals surface area contributed by atoms with E-state index >= 15 is 0 Å². The number of Topliss-reactive ketones (excluding diaryl/α,β-unsaturated/α-hetero) is 1. The third-order valence-corrected chi connectivity index (χ3v) is 3.28. The van der Waals surface area contributed by atoms with E-state index in [1.54, 1.807) is 24.3 Å². The van der Waals surface area contributed by atoms with E-state index in [1.165, 1.54) is 0 Å². The molecule has 0 aromatic heterocycles. The molecular weight excluding hydrogens is 250 g/mol. The van der Waals surface area contributed by atoms with Crippen LogP contribution in [0.2, 0.25) is 0 Å². The maximum Gasteiger partial charge on any atom is 0.163 e. The van der Waals surface area contributed by atoms with Gasteiger partial charge in [-0.15, -0.1) is 0 Å². The molecule has 20 heavy (non-hydrogen) atoms. The van der Waals surface area contributed by atoms with Crippen molar-refractivity contribution >= 4 is 11.5 Å². The highest BCUT2D eigenvalue weighted by Crippen LogP contribution is 2.15. The number of phenols is 1. The predicted octanol–water partition coefficient (Wildman–Crippen LogP) is 3.27. The molecule has 0 radical (unpaired) electrons. The van der Waals surface area contributed by atoms with Crippen LogP contribution in [0.3, 0.4) is 0 Å². The summed E-state index contributed by atoms with van der Waals surface area (Å²) >= 11 is 0. The van der Waals surface area contributed by atoms with Crippen molar-refractivity contribution in [1.82, 2.24) is 0 Å². The number of hydrogen-bond acceptors (Lipinski definition) is 3. The molecule has 0 bridgehead atoms. The molecule has 1 N–H and O–H groups in total. The van der Waals surface area contributed by atoms with E-state index in [4.69, 9.17) is 0 Å². The second-order valence-electron chi connectivity index (χ2n) is 5.03. The summed E-state index contributed by atoms with van der Waals surface area (Å²) in [6.45, 7) is 0. The van der Waals surface area contributed by atoms with Gasteiger partial charge in [0.15, 0.2) is 5.78 Å². The smallest absolute Gasteiger partial charge is 0.163 e. The van der Waals surface area contributed by atoms with Crippen LogP contribution in [0.15, 0.2) is 48.5 Å². The summed E-state index contributed by atoms with van der Waals surface area (Å²) in [5.41, 5.74) is 2.95. The molecule has 0 aliphatic rings. The maximum atomic E-state index is 12.0. The number of anilines is 1. The third kappa shape index (κ3) is 3.60. The molecule has 0 aliphatic carbocycles. The molecule has 0 saturated carbocycles. The zero-order chi connectivity index (χ0) is 14.5. The van der Waals surface area contributed by atoms with Crippen LogP contribution in [0.4, 0.5) is 5.69 Å². The second-order valence-corrected chi connectivity index (χ2v) is 5.03. The van der Waals surface area contributed by atoms with E-state index in [9.17, 15) is 9.90 Å². The van der Waals surface area contributed by atoms with Crippen LogP contribution in [0, 0.1) is 0 Å². The van der Waals surface area contributed by atoms with Gasteiger partial charge in [-0.3, -0.25) is 4.79 Å². The van der Waals surface area contributed by atoms with Gasteiger partial charge >= 0.3 is 0 Å². The van der Waals surface area contributed by atoms with Crippen molar-refractivity contribution in [2.45, 2.75) is 12.8 Å². The Bertz CT molecular complexity index is 571. The minimum atomic E-state index is 0.0988. The van der Waals surface area contributed by atoms with E-state index in [0.717, 1.165) is 17.7 Å². The normalized spacial score (nSPS) is 10.3. The molecule has 0 atom stereocenters. The monoisotopic (exact) mass is 269 g/mol. The van der Waals surface area contributed by atoms with Gasteiger partial charge in [-0.05, 0) is 48.4 Å². The number of ketones is 1. The van der Waals surface area contributed by atoms with E-state index in [0.29, 0.717) is 12.0 Å². The Hall–Kier alpha value is -2.29. The van der Waals surface area contributed by atoms with Gasteiger partial charge in [0.25, 0.3) is 0 Å². The molecule has 0 saturated heterocycles. The molecule has 3 nitrogen and oxygen atoms in total. The molecule has 2 rings (SSSR count). The molecule has 0 spiro atoms. The summed E-state index contributed by atoms with van der Waals surface area (Å²) in [6.07, 6.45) is 1.21. The quantitative estimate of drug-likeness (QED) is 0.847. The van der Waals surface area contributed by atoms with Crippen molar-refractivity contribution in [3.63, 3.8) is 0 Å². The van der Waals surface area contributed by atoms with Gasteiger partial charge in [0.1, 0.15) is 5.75 Å². The predicted molar refractivity (Wildman–Crippen MR) is 81.5 cm³/mol. The molecule has 104 valence electrons. The molecule has 2 aromatic carbocycles. The van der Waals surface area contributed by atoms with Crippen LogP contribution in [0.25, 0.3) is 0 Å². The average molecular weight is 269 g/mol. The maximum absolute atomic E-state index is 12.0. The molecule has 0 fully saturated rings. The van der Waals surface area contributed by atoms with Gasteiger partial charge < -0.3 is 10.0 Å². The largest absolute Gasteiger partial charge is 0.508 e. The number of hydrogen-bond donors (Lipinski definition) is 1. The lowest BCUT2D eigenvalue weighted by atomic mass is 10.0. The first-order valence-corrected chi connectivity index (χ1v) is 6.65. The fourth-order valence-electron chi connectivity index (χ4n) is 2.01. The van der Waals surface area contributed by atoms with E-state index in [2.05, 4.69) is 24.3 Å². The molecule has 0 aliphatic heterocycles. The summed E-state index contributed by atoms with van der Waals surface area (Å²) in [6, 6.07) is 14.6. The third-order valence-electron chi connectivity index (χ3n) is 3.28. The Balaban J connectivity index is 1.94. The number of phenolic OH excluding ortho intramolecular Hbond substituents is 1. The fraction of sp³-hybridized carbons (Fsp3) is 0.235. The zero-order valence-electron chi connectivity index (χ0n) is 11.8. The molecule has 3 heteroatoms.